The second-order valence-electron chi connectivity index (χ2n) is 11.2. The number of hydrogen-bond donors (Lipinski definition) is 1. The van der Waals surface area contributed by atoms with Gasteiger partial charge in [-0.05, 0) is 24.5 Å². The van der Waals surface area contributed by atoms with Crippen LogP contribution in [0.1, 0.15) is 167 Å². The molecule has 0 saturated carbocycles. The largest absolute Gasteiger partial charge is 0.512 e. The first-order valence-electron chi connectivity index (χ1n) is 16.2. The lowest BCUT2D eigenvalue weighted by atomic mass is 10.0. The van der Waals surface area contributed by atoms with Crippen LogP contribution < -0.4 is 0 Å². The Labute approximate surface area is 230 Å². The molecule has 0 aromatic heterocycles. The van der Waals surface area contributed by atoms with Gasteiger partial charge in [-0.2, -0.15) is 0 Å². The summed E-state index contributed by atoms with van der Waals surface area (Å²) in [6.07, 6.45) is 40.1. The van der Waals surface area contributed by atoms with Crippen molar-refractivity contribution in [2.24, 2.45) is 0 Å². The number of aliphatic hydroxyl groups is 1. The van der Waals surface area contributed by atoms with Gasteiger partial charge in [0.1, 0.15) is 0 Å². The fraction of sp³-hybridized carbons (Fsp3) is 0.794. The average Bonchev–Trinajstić information content (AvgIpc) is 2.90. The highest BCUT2D eigenvalue weighted by atomic mass is 16.5. The summed E-state index contributed by atoms with van der Waals surface area (Å²) in [5.41, 5.74) is 1.05. The van der Waals surface area contributed by atoms with Crippen LogP contribution in [0.5, 0.6) is 0 Å². The van der Waals surface area contributed by atoms with Crippen molar-refractivity contribution in [3.63, 3.8) is 0 Å². The van der Waals surface area contributed by atoms with Gasteiger partial charge in [0.05, 0.1) is 12.4 Å². The fourth-order valence-electron chi connectivity index (χ4n) is 5.06. The van der Waals surface area contributed by atoms with Crippen LogP contribution in [0.4, 0.5) is 0 Å². The Morgan fingerprint density at radius 1 is 0.649 bits per heavy atom. The van der Waals surface area contributed by atoms with Gasteiger partial charge in [0.2, 0.25) is 0 Å². The second kappa shape index (κ2) is 26.1. The van der Waals surface area contributed by atoms with E-state index in [1.54, 1.807) is 12.2 Å². The summed E-state index contributed by atoms with van der Waals surface area (Å²) in [6, 6.07) is 0. The molecule has 214 valence electrons. The highest BCUT2D eigenvalue weighted by molar-refractivity contribution is 5.82. The molecule has 0 spiro atoms. The quantitative estimate of drug-likeness (QED) is 0.0706. The molecule has 37 heavy (non-hydrogen) atoms. The fourth-order valence-corrected chi connectivity index (χ4v) is 5.06. The van der Waals surface area contributed by atoms with Crippen molar-refractivity contribution < 1.29 is 14.6 Å². The van der Waals surface area contributed by atoms with Crippen molar-refractivity contribution in [3.05, 3.63) is 35.6 Å². The van der Waals surface area contributed by atoms with Crippen LogP contribution in [0.25, 0.3) is 0 Å². The number of hydrogen-bond acceptors (Lipinski definition) is 3. The third-order valence-electron chi connectivity index (χ3n) is 7.59. The maximum absolute atomic E-state index is 11.8. The zero-order chi connectivity index (χ0) is 26.7. The summed E-state index contributed by atoms with van der Waals surface area (Å²) >= 11 is 0. The van der Waals surface area contributed by atoms with Crippen molar-refractivity contribution in [3.8, 4) is 0 Å². The number of rotatable bonds is 26. The molecule has 0 aromatic carbocycles. The number of esters is 1. The minimum absolute atomic E-state index is 0.265. The van der Waals surface area contributed by atoms with E-state index in [9.17, 15) is 9.90 Å². The lowest BCUT2D eigenvalue weighted by Gasteiger charge is -2.07. The van der Waals surface area contributed by atoms with Crippen LogP contribution >= 0.6 is 0 Å². The molecule has 0 aliphatic heterocycles. The molecule has 0 atom stereocenters. The van der Waals surface area contributed by atoms with E-state index in [4.69, 9.17) is 4.74 Å². The molecule has 3 nitrogen and oxygen atoms in total. The predicted octanol–water partition coefficient (Wildman–Crippen LogP) is 11.2. The summed E-state index contributed by atoms with van der Waals surface area (Å²) in [4.78, 5) is 11.8. The highest BCUT2D eigenvalue weighted by Crippen LogP contribution is 2.18. The molecular formula is C34H60O3. The van der Waals surface area contributed by atoms with Crippen molar-refractivity contribution >= 4 is 5.97 Å². The van der Waals surface area contributed by atoms with Gasteiger partial charge in [-0.1, -0.05) is 160 Å². The summed E-state index contributed by atoms with van der Waals surface area (Å²) in [6.45, 7) is 2.81. The first-order chi connectivity index (χ1) is 18.2. The maximum atomic E-state index is 11.8. The normalized spacial score (nSPS) is 13.6. The van der Waals surface area contributed by atoms with Gasteiger partial charge in [-0.25, -0.2) is 4.79 Å². The van der Waals surface area contributed by atoms with Gasteiger partial charge in [0.15, 0.2) is 0 Å². The summed E-state index contributed by atoms with van der Waals surface area (Å²) in [7, 11) is 0. The molecule has 0 fully saturated rings. The molecule has 1 aliphatic rings. The number of aliphatic hydroxyl groups excluding tert-OH is 1. The molecule has 0 amide bonds. The Kier molecular flexibility index (Phi) is 23.7. The van der Waals surface area contributed by atoms with Gasteiger partial charge in [0, 0.05) is 12.5 Å². The summed E-state index contributed by atoms with van der Waals surface area (Å²) in [5, 5.41) is 9.35. The monoisotopic (exact) mass is 516 g/mol. The predicted molar refractivity (Wildman–Crippen MR) is 160 cm³/mol. The topological polar surface area (TPSA) is 46.5 Å². The third-order valence-corrected chi connectivity index (χ3v) is 7.59. The van der Waals surface area contributed by atoms with Crippen molar-refractivity contribution in [2.45, 2.75) is 167 Å². The van der Waals surface area contributed by atoms with E-state index < -0.39 is 0 Å². The second-order valence-corrected chi connectivity index (χ2v) is 11.2. The molecular weight excluding hydrogens is 456 g/mol. The van der Waals surface area contributed by atoms with Crippen LogP contribution in [0, 0.1) is 0 Å². The number of unbranched alkanes of at least 4 members (excludes halogenated alkanes) is 22. The van der Waals surface area contributed by atoms with Crippen molar-refractivity contribution in [2.75, 3.05) is 6.61 Å². The number of carbonyl (C=O) groups excluding carboxylic acids is 1. The van der Waals surface area contributed by atoms with E-state index in [2.05, 4.69) is 6.92 Å². The molecule has 1 N–H and O–H groups in total. The van der Waals surface area contributed by atoms with Crippen LogP contribution in [0.3, 0.4) is 0 Å². The molecule has 0 saturated heterocycles. The molecule has 0 radical (unpaired) electrons. The van der Waals surface area contributed by atoms with E-state index in [1.165, 1.54) is 141 Å². The van der Waals surface area contributed by atoms with Crippen molar-refractivity contribution in [1.29, 1.82) is 0 Å². The standard InChI is InChI=1S/C34H60O3/c1-2-3-4-5-6-7-8-9-10-11-12-13-14-15-16-17-18-19-20-21-22-23-24-31-37-34(36)30-27-32-25-28-33(35)29-26-32/h25,27-28,30,35H,2-24,26,29,31H2,1H3. The van der Waals surface area contributed by atoms with Gasteiger partial charge in [-0.3, -0.25) is 0 Å². The molecule has 3 heteroatoms. The number of carbonyl (C=O) groups is 1. The lowest BCUT2D eigenvalue weighted by molar-refractivity contribution is -0.137. The Hall–Kier alpha value is -1.51. The summed E-state index contributed by atoms with van der Waals surface area (Å²) in [5.74, 6) is 0.137. The highest BCUT2D eigenvalue weighted by Gasteiger charge is 2.03. The van der Waals surface area contributed by atoms with Gasteiger partial charge in [-0.15, -0.1) is 0 Å². The molecule has 0 aromatic rings. The summed E-state index contributed by atoms with van der Waals surface area (Å²) < 4.78 is 5.28. The molecule has 0 bridgehead atoms. The van der Waals surface area contributed by atoms with Gasteiger partial charge in [0.25, 0.3) is 0 Å². The minimum atomic E-state index is -0.265. The van der Waals surface area contributed by atoms with E-state index >= 15 is 0 Å². The zero-order valence-electron chi connectivity index (χ0n) is 24.5. The molecule has 0 heterocycles. The SMILES string of the molecule is CCCCCCCCCCCCCCCCCCCCCCCCCOC(=O)C=CC1=CC=C(O)CC1. The van der Waals surface area contributed by atoms with E-state index in [1.807, 2.05) is 6.08 Å². The Balaban J connectivity index is 1.72. The van der Waals surface area contributed by atoms with E-state index in [-0.39, 0.29) is 5.97 Å². The molecule has 1 aliphatic carbocycles. The molecule has 0 unspecified atom stereocenters. The molecule has 1 rings (SSSR count). The van der Waals surface area contributed by atoms with Crippen LogP contribution in [0.2, 0.25) is 0 Å². The van der Waals surface area contributed by atoms with Gasteiger partial charge < -0.3 is 9.84 Å². The maximum Gasteiger partial charge on any atom is 0.330 e. The zero-order valence-corrected chi connectivity index (χ0v) is 24.5. The van der Waals surface area contributed by atoms with Crippen LogP contribution in [-0.4, -0.2) is 17.7 Å². The van der Waals surface area contributed by atoms with Gasteiger partial charge >= 0.3 is 5.97 Å². The third kappa shape index (κ3) is 23.3. The van der Waals surface area contributed by atoms with Crippen LogP contribution in [0.15, 0.2) is 35.6 Å². The van der Waals surface area contributed by atoms with E-state index in [0.29, 0.717) is 18.8 Å². The van der Waals surface area contributed by atoms with Crippen LogP contribution in [-0.2, 0) is 9.53 Å². The van der Waals surface area contributed by atoms with E-state index in [0.717, 1.165) is 24.8 Å². The smallest absolute Gasteiger partial charge is 0.330 e. The Bertz CT molecular complexity index is 617. The van der Waals surface area contributed by atoms with Crippen molar-refractivity contribution in [1.82, 2.24) is 0 Å². The average molecular weight is 517 g/mol. The Morgan fingerprint density at radius 3 is 1.43 bits per heavy atom. The number of allylic oxidation sites excluding steroid dienone is 5. The lowest BCUT2D eigenvalue weighted by Crippen LogP contribution is -2.02. The first kappa shape index (κ1) is 33.5. The Morgan fingerprint density at radius 2 is 1.05 bits per heavy atom. The first-order valence-corrected chi connectivity index (χ1v) is 16.2. The minimum Gasteiger partial charge on any atom is -0.512 e. The number of ether oxygens (including phenoxy) is 1.